The highest BCUT2D eigenvalue weighted by atomic mass is 35.5. The van der Waals surface area contributed by atoms with Crippen LogP contribution in [0.1, 0.15) is 11.6 Å². The van der Waals surface area contributed by atoms with Crippen LogP contribution < -0.4 is 5.32 Å². The molecule has 0 spiro atoms. The van der Waals surface area contributed by atoms with E-state index in [1.54, 1.807) is 13.2 Å². The number of hydrogen-bond donors (Lipinski definition) is 1. The summed E-state index contributed by atoms with van der Waals surface area (Å²) in [6, 6.07) is 14.1. The van der Waals surface area contributed by atoms with Crippen LogP contribution in [-0.4, -0.2) is 18.6 Å². The molecule has 0 fully saturated rings. The first-order valence-electron chi connectivity index (χ1n) is 6.36. The van der Waals surface area contributed by atoms with Gasteiger partial charge >= 0.3 is 0 Å². The van der Waals surface area contributed by atoms with Gasteiger partial charge in [-0.2, -0.15) is 0 Å². The summed E-state index contributed by atoms with van der Waals surface area (Å²) in [5, 5.41) is 14.3. The standard InChI is InChI=1S/C15H15ClN2O3/c1-21-10-15(11-5-3-2-4-6-11)17-14-8-7-12(18(19)20)9-13(14)16/h2-9,15,17H,10H2,1H3. The lowest BCUT2D eigenvalue weighted by molar-refractivity contribution is -0.384. The van der Waals surface area contributed by atoms with Crippen molar-refractivity contribution < 1.29 is 9.66 Å². The van der Waals surface area contributed by atoms with Gasteiger partial charge in [-0.3, -0.25) is 10.1 Å². The Balaban J connectivity index is 2.23. The molecule has 0 saturated carbocycles. The minimum atomic E-state index is -0.473. The molecule has 0 bridgehead atoms. The van der Waals surface area contributed by atoms with Gasteiger partial charge in [-0.25, -0.2) is 0 Å². The Morgan fingerprint density at radius 3 is 2.57 bits per heavy atom. The Labute approximate surface area is 127 Å². The van der Waals surface area contributed by atoms with Gasteiger partial charge in [0.2, 0.25) is 0 Å². The number of anilines is 1. The minimum absolute atomic E-state index is 0.0337. The van der Waals surface area contributed by atoms with Crippen LogP contribution in [0.5, 0.6) is 0 Å². The summed E-state index contributed by atoms with van der Waals surface area (Å²) in [7, 11) is 1.62. The van der Waals surface area contributed by atoms with Crippen molar-refractivity contribution >= 4 is 23.0 Å². The first-order chi connectivity index (χ1) is 10.1. The highest BCUT2D eigenvalue weighted by molar-refractivity contribution is 6.33. The summed E-state index contributed by atoms with van der Waals surface area (Å²) in [5.41, 5.74) is 1.65. The molecule has 0 aromatic heterocycles. The molecule has 0 aliphatic rings. The average Bonchev–Trinajstić information content (AvgIpc) is 2.49. The van der Waals surface area contributed by atoms with Crippen molar-refractivity contribution in [3.8, 4) is 0 Å². The first-order valence-corrected chi connectivity index (χ1v) is 6.74. The smallest absolute Gasteiger partial charge is 0.271 e. The number of nitrogens with one attached hydrogen (secondary N) is 1. The van der Waals surface area contributed by atoms with E-state index < -0.39 is 4.92 Å². The molecule has 1 unspecified atom stereocenters. The second-order valence-electron chi connectivity index (χ2n) is 4.48. The summed E-state index contributed by atoms with van der Waals surface area (Å²) in [4.78, 5) is 10.2. The van der Waals surface area contributed by atoms with Crippen molar-refractivity contribution in [2.75, 3.05) is 19.0 Å². The van der Waals surface area contributed by atoms with Crippen LogP contribution in [0.4, 0.5) is 11.4 Å². The molecule has 0 aliphatic carbocycles. The summed E-state index contributed by atoms with van der Waals surface area (Å²) >= 11 is 6.10. The topological polar surface area (TPSA) is 64.4 Å². The van der Waals surface area contributed by atoms with E-state index in [0.717, 1.165) is 5.56 Å². The number of methoxy groups -OCH3 is 1. The molecule has 0 aliphatic heterocycles. The third-order valence-electron chi connectivity index (χ3n) is 3.03. The van der Waals surface area contributed by atoms with Crippen molar-refractivity contribution in [3.63, 3.8) is 0 Å². The fourth-order valence-electron chi connectivity index (χ4n) is 2.00. The van der Waals surface area contributed by atoms with Crippen LogP contribution in [0, 0.1) is 10.1 Å². The Bertz CT molecular complexity index is 620. The van der Waals surface area contributed by atoms with Gasteiger partial charge in [0.25, 0.3) is 5.69 Å². The molecule has 6 heteroatoms. The lowest BCUT2D eigenvalue weighted by atomic mass is 10.1. The van der Waals surface area contributed by atoms with Crippen molar-refractivity contribution in [1.82, 2.24) is 0 Å². The SMILES string of the molecule is COCC(Nc1ccc([N+](=O)[O-])cc1Cl)c1ccccc1. The summed E-state index contributed by atoms with van der Waals surface area (Å²) in [6.45, 7) is 0.456. The van der Waals surface area contributed by atoms with Crippen LogP contribution in [0.25, 0.3) is 0 Å². The predicted octanol–water partition coefficient (Wildman–Crippen LogP) is 4.05. The molecule has 0 amide bonds. The fourth-order valence-corrected chi connectivity index (χ4v) is 2.22. The number of nitro groups is 1. The third-order valence-corrected chi connectivity index (χ3v) is 3.34. The van der Waals surface area contributed by atoms with E-state index in [4.69, 9.17) is 16.3 Å². The first kappa shape index (κ1) is 15.3. The molecule has 1 atom stereocenters. The van der Waals surface area contributed by atoms with E-state index in [9.17, 15) is 10.1 Å². The zero-order valence-corrected chi connectivity index (χ0v) is 12.2. The molecule has 2 aromatic carbocycles. The van der Waals surface area contributed by atoms with E-state index >= 15 is 0 Å². The lowest BCUT2D eigenvalue weighted by Gasteiger charge is -2.20. The van der Waals surface area contributed by atoms with E-state index in [-0.39, 0.29) is 11.7 Å². The number of benzene rings is 2. The van der Waals surface area contributed by atoms with Crippen molar-refractivity contribution in [3.05, 3.63) is 69.2 Å². The maximum absolute atomic E-state index is 10.7. The van der Waals surface area contributed by atoms with Gasteiger partial charge in [0, 0.05) is 19.2 Å². The van der Waals surface area contributed by atoms with E-state index in [1.807, 2.05) is 30.3 Å². The Morgan fingerprint density at radius 1 is 1.29 bits per heavy atom. The molecule has 110 valence electrons. The van der Waals surface area contributed by atoms with Gasteiger partial charge in [0.05, 0.1) is 28.3 Å². The van der Waals surface area contributed by atoms with Crippen LogP contribution in [0.15, 0.2) is 48.5 Å². The number of hydrogen-bond acceptors (Lipinski definition) is 4. The molecular weight excluding hydrogens is 292 g/mol. The largest absolute Gasteiger partial charge is 0.382 e. The van der Waals surface area contributed by atoms with Gasteiger partial charge in [-0.15, -0.1) is 0 Å². The molecule has 0 saturated heterocycles. The minimum Gasteiger partial charge on any atom is -0.382 e. The second-order valence-corrected chi connectivity index (χ2v) is 4.89. The fraction of sp³-hybridized carbons (Fsp3) is 0.200. The lowest BCUT2D eigenvalue weighted by Crippen LogP contribution is -2.16. The molecular formula is C15H15ClN2O3. The highest BCUT2D eigenvalue weighted by Gasteiger charge is 2.15. The monoisotopic (exact) mass is 306 g/mol. The number of ether oxygens (including phenoxy) is 1. The highest BCUT2D eigenvalue weighted by Crippen LogP contribution is 2.29. The van der Waals surface area contributed by atoms with Gasteiger partial charge < -0.3 is 10.1 Å². The van der Waals surface area contributed by atoms with Gasteiger partial charge in [0.15, 0.2) is 0 Å². The maximum atomic E-state index is 10.7. The Kier molecular flexibility index (Phi) is 5.14. The summed E-state index contributed by atoms with van der Waals surface area (Å²) in [6.07, 6.45) is 0. The van der Waals surface area contributed by atoms with Crippen molar-refractivity contribution in [2.24, 2.45) is 0 Å². The zero-order chi connectivity index (χ0) is 15.2. The Morgan fingerprint density at radius 2 is 2.00 bits per heavy atom. The summed E-state index contributed by atoms with van der Waals surface area (Å²) < 4.78 is 5.22. The van der Waals surface area contributed by atoms with E-state index in [2.05, 4.69) is 5.32 Å². The molecule has 21 heavy (non-hydrogen) atoms. The maximum Gasteiger partial charge on any atom is 0.271 e. The van der Waals surface area contributed by atoms with Crippen LogP contribution in [0.2, 0.25) is 5.02 Å². The van der Waals surface area contributed by atoms with Crippen molar-refractivity contribution in [2.45, 2.75) is 6.04 Å². The quantitative estimate of drug-likeness (QED) is 0.646. The van der Waals surface area contributed by atoms with Crippen LogP contribution >= 0.6 is 11.6 Å². The second kappa shape index (κ2) is 7.06. The van der Waals surface area contributed by atoms with Gasteiger partial charge in [0.1, 0.15) is 0 Å². The molecule has 0 heterocycles. The zero-order valence-electron chi connectivity index (χ0n) is 11.5. The average molecular weight is 307 g/mol. The predicted molar refractivity (Wildman–Crippen MR) is 82.8 cm³/mol. The normalized spacial score (nSPS) is 11.9. The number of nitrogens with zero attached hydrogens (tertiary/aromatic N) is 1. The molecule has 5 nitrogen and oxygen atoms in total. The van der Waals surface area contributed by atoms with Gasteiger partial charge in [-0.05, 0) is 11.6 Å². The van der Waals surface area contributed by atoms with Gasteiger partial charge in [-0.1, -0.05) is 41.9 Å². The van der Waals surface area contributed by atoms with Crippen LogP contribution in [-0.2, 0) is 4.74 Å². The molecule has 2 rings (SSSR count). The van der Waals surface area contributed by atoms with E-state index in [1.165, 1.54) is 12.1 Å². The summed E-state index contributed by atoms with van der Waals surface area (Å²) in [5.74, 6) is 0. The molecule has 1 N–H and O–H groups in total. The van der Waals surface area contributed by atoms with Crippen LogP contribution in [0.3, 0.4) is 0 Å². The Hall–Kier alpha value is -2.11. The van der Waals surface area contributed by atoms with E-state index in [0.29, 0.717) is 17.3 Å². The number of halogens is 1. The number of rotatable bonds is 6. The molecule has 0 radical (unpaired) electrons. The van der Waals surface area contributed by atoms with Crippen molar-refractivity contribution in [1.29, 1.82) is 0 Å². The third kappa shape index (κ3) is 3.93. The molecule has 2 aromatic rings. The number of nitro benzene ring substituents is 1. The number of non-ortho nitro benzene ring substituents is 1.